The van der Waals surface area contributed by atoms with Gasteiger partial charge in [0.15, 0.2) is 0 Å². The van der Waals surface area contributed by atoms with E-state index in [2.05, 4.69) is 11.1 Å². The molecule has 0 aromatic heterocycles. The zero-order valence-electron chi connectivity index (χ0n) is 15.7. The Bertz CT molecular complexity index is 313. The van der Waals surface area contributed by atoms with Crippen molar-refractivity contribution >= 4 is 10.4 Å². The molecular weight excluding hydrogens is 311 g/mol. The van der Waals surface area contributed by atoms with Crippen molar-refractivity contribution in [3.8, 4) is 0 Å². The van der Waals surface area contributed by atoms with E-state index in [1.807, 2.05) is 0 Å². The van der Waals surface area contributed by atoms with Gasteiger partial charge in [-0.1, -0.05) is 90.4 Å². The molecule has 0 fully saturated rings. The fourth-order valence-electron chi connectivity index (χ4n) is 2.46. The number of unbranched alkanes of at least 4 members (excludes halogenated alkanes) is 13. The second-order valence-electron chi connectivity index (χ2n) is 5.85. The first-order valence-electron chi connectivity index (χ1n) is 8.68. The molecule has 130 valence electrons. The fourth-order valence-corrected chi connectivity index (χ4v) is 2.79. The van der Waals surface area contributed by atoms with Crippen LogP contribution in [-0.2, 0) is 14.6 Å². The summed E-state index contributed by atoms with van der Waals surface area (Å²) in [6.45, 7) is 2.35. The third-order valence-electron chi connectivity index (χ3n) is 3.73. The Labute approximate surface area is 161 Å². The van der Waals surface area contributed by atoms with Crippen molar-refractivity contribution in [3.05, 3.63) is 0 Å². The summed E-state index contributed by atoms with van der Waals surface area (Å²) in [6, 6.07) is 0. The molecule has 0 aliphatic carbocycles. The van der Waals surface area contributed by atoms with Crippen LogP contribution in [0.2, 0.25) is 0 Å². The standard InChI is InChI=1S/C16H34O4S.Na.H/c1-2-3-4-5-6-7-8-9-10-11-12-13-14-15-16-20-21(17,18)19;;/h2-16H2,1H3,(H,17,18,19);;/q;+1;-1. The molecule has 0 unspecified atom stereocenters. The normalized spacial score (nSPS) is 11.4. The van der Waals surface area contributed by atoms with Gasteiger partial charge in [0.05, 0.1) is 6.61 Å². The van der Waals surface area contributed by atoms with Crippen LogP contribution in [0.5, 0.6) is 0 Å². The predicted molar refractivity (Wildman–Crippen MR) is 88.9 cm³/mol. The zero-order chi connectivity index (χ0) is 15.8. The molecule has 0 bridgehead atoms. The Morgan fingerprint density at radius 2 is 1.05 bits per heavy atom. The van der Waals surface area contributed by atoms with Gasteiger partial charge in [0.25, 0.3) is 0 Å². The third kappa shape index (κ3) is 23.1. The van der Waals surface area contributed by atoms with Gasteiger partial charge in [-0.25, -0.2) is 4.18 Å². The van der Waals surface area contributed by atoms with Crippen molar-refractivity contribution < 1.29 is 48.1 Å². The summed E-state index contributed by atoms with van der Waals surface area (Å²) in [5.41, 5.74) is 0. The third-order valence-corrected chi connectivity index (χ3v) is 4.19. The summed E-state index contributed by atoms with van der Waals surface area (Å²) in [5.74, 6) is 0. The van der Waals surface area contributed by atoms with Gasteiger partial charge in [-0.05, 0) is 6.42 Å². The van der Waals surface area contributed by atoms with Gasteiger partial charge in [0, 0.05) is 0 Å². The first kappa shape index (κ1) is 25.1. The van der Waals surface area contributed by atoms with Crippen LogP contribution >= 0.6 is 0 Å². The van der Waals surface area contributed by atoms with Crippen LogP contribution in [-0.4, -0.2) is 19.6 Å². The van der Waals surface area contributed by atoms with Crippen molar-refractivity contribution in [2.45, 2.75) is 96.8 Å². The molecule has 0 amide bonds. The molecule has 0 aromatic carbocycles. The molecule has 0 heterocycles. The molecule has 0 rings (SSSR count). The molecular formula is C16H35NaO4S. The first-order valence-corrected chi connectivity index (χ1v) is 10.0. The topological polar surface area (TPSA) is 63.6 Å². The van der Waals surface area contributed by atoms with E-state index in [1.54, 1.807) is 0 Å². The van der Waals surface area contributed by atoms with E-state index in [0.29, 0.717) is 6.42 Å². The number of hydrogen-bond donors (Lipinski definition) is 1. The van der Waals surface area contributed by atoms with Crippen LogP contribution in [0.1, 0.15) is 98.2 Å². The Hall–Kier alpha value is 0.870. The Balaban J connectivity index is -0.00000200. The van der Waals surface area contributed by atoms with Gasteiger partial charge in [-0.2, -0.15) is 8.42 Å². The van der Waals surface area contributed by atoms with Gasteiger partial charge in [-0.15, -0.1) is 0 Å². The van der Waals surface area contributed by atoms with Crippen molar-refractivity contribution in [2.24, 2.45) is 0 Å². The van der Waals surface area contributed by atoms with Crippen molar-refractivity contribution in [2.75, 3.05) is 6.61 Å². The summed E-state index contributed by atoms with van der Waals surface area (Å²) in [4.78, 5) is 0. The van der Waals surface area contributed by atoms with Gasteiger partial charge in [0.1, 0.15) is 0 Å². The van der Waals surface area contributed by atoms with Crippen molar-refractivity contribution in [1.29, 1.82) is 0 Å². The van der Waals surface area contributed by atoms with Crippen LogP contribution in [0, 0.1) is 0 Å². The molecule has 1 N–H and O–H groups in total. The Morgan fingerprint density at radius 1 is 0.727 bits per heavy atom. The van der Waals surface area contributed by atoms with E-state index in [9.17, 15) is 8.42 Å². The SMILES string of the molecule is CCCCCCCCCCCCCCCCOS(=O)(=O)O.[H-].[Na+]. The van der Waals surface area contributed by atoms with E-state index in [1.165, 1.54) is 70.6 Å². The molecule has 0 aliphatic rings. The van der Waals surface area contributed by atoms with E-state index in [0.717, 1.165) is 12.8 Å². The summed E-state index contributed by atoms with van der Waals surface area (Å²) in [5, 5.41) is 0. The van der Waals surface area contributed by atoms with Crippen LogP contribution in [0.4, 0.5) is 0 Å². The molecule has 0 spiro atoms. The summed E-state index contributed by atoms with van der Waals surface area (Å²) < 4.78 is 33.2. The van der Waals surface area contributed by atoms with Crippen LogP contribution in [0.25, 0.3) is 0 Å². The van der Waals surface area contributed by atoms with Crippen molar-refractivity contribution in [1.82, 2.24) is 0 Å². The summed E-state index contributed by atoms with van der Waals surface area (Å²) >= 11 is 0. The quantitative estimate of drug-likeness (QED) is 0.265. The van der Waals surface area contributed by atoms with E-state index in [4.69, 9.17) is 4.55 Å². The zero-order valence-corrected chi connectivity index (χ0v) is 17.5. The maximum Gasteiger partial charge on any atom is 1.00 e. The Kier molecular flexibility index (Phi) is 20.8. The summed E-state index contributed by atoms with van der Waals surface area (Å²) in [7, 11) is -4.24. The van der Waals surface area contributed by atoms with Crippen LogP contribution in [0.15, 0.2) is 0 Å². The second-order valence-corrected chi connectivity index (χ2v) is 6.94. The minimum absolute atomic E-state index is 0. The summed E-state index contributed by atoms with van der Waals surface area (Å²) in [6.07, 6.45) is 17.6. The molecule has 0 saturated carbocycles. The molecule has 0 atom stereocenters. The molecule has 0 aromatic rings. The van der Waals surface area contributed by atoms with Crippen LogP contribution in [0.3, 0.4) is 0 Å². The van der Waals surface area contributed by atoms with Crippen molar-refractivity contribution in [3.63, 3.8) is 0 Å². The maximum absolute atomic E-state index is 10.3. The second kappa shape index (κ2) is 18.2. The maximum atomic E-state index is 10.3. The number of hydrogen-bond acceptors (Lipinski definition) is 3. The molecule has 6 heteroatoms. The molecule has 0 aliphatic heterocycles. The van der Waals surface area contributed by atoms with Gasteiger partial charge in [0.2, 0.25) is 0 Å². The minimum atomic E-state index is -4.24. The van der Waals surface area contributed by atoms with Gasteiger partial charge >= 0.3 is 40.0 Å². The largest absolute Gasteiger partial charge is 1.00 e. The first-order chi connectivity index (χ1) is 10.1. The molecule has 22 heavy (non-hydrogen) atoms. The van der Waals surface area contributed by atoms with E-state index in [-0.39, 0.29) is 37.6 Å². The monoisotopic (exact) mass is 346 g/mol. The fraction of sp³-hybridized carbons (Fsp3) is 1.00. The molecule has 0 saturated heterocycles. The van der Waals surface area contributed by atoms with E-state index < -0.39 is 10.4 Å². The van der Waals surface area contributed by atoms with Gasteiger partial charge in [-0.3, -0.25) is 4.55 Å². The Morgan fingerprint density at radius 3 is 1.36 bits per heavy atom. The average Bonchev–Trinajstić information content (AvgIpc) is 2.42. The molecule has 4 nitrogen and oxygen atoms in total. The smallest absolute Gasteiger partial charge is 1.00 e. The van der Waals surface area contributed by atoms with E-state index >= 15 is 0 Å². The molecule has 0 radical (unpaired) electrons. The average molecular weight is 347 g/mol. The minimum Gasteiger partial charge on any atom is -1.00 e. The number of rotatable bonds is 16. The van der Waals surface area contributed by atoms with Crippen LogP contribution < -0.4 is 29.6 Å². The predicted octanol–water partition coefficient (Wildman–Crippen LogP) is 2.40. The van der Waals surface area contributed by atoms with Gasteiger partial charge < -0.3 is 1.43 Å².